The zero-order chi connectivity index (χ0) is 13.5. The van der Waals surface area contributed by atoms with Gasteiger partial charge in [-0.25, -0.2) is 0 Å². The van der Waals surface area contributed by atoms with Crippen LogP contribution in [0.15, 0.2) is 0 Å². The van der Waals surface area contributed by atoms with Gasteiger partial charge in [0.1, 0.15) is 0 Å². The van der Waals surface area contributed by atoms with Crippen molar-refractivity contribution in [3.63, 3.8) is 0 Å². The molecule has 0 unspecified atom stereocenters. The molecule has 0 saturated carbocycles. The highest BCUT2D eigenvalue weighted by Crippen LogP contribution is 2.45. The molecule has 1 amide bonds. The van der Waals surface area contributed by atoms with E-state index >= 15 is 0 Å². The average Bonchev–Trinajstić information content (AvgIpc) is 2.20. The lowest BCUT2D eigenvalue weighted by molar-refractivity contribution is -0.121. The minimum absolute atomic E-state index is 0.0206. The van der Waals surface area contributed by atoms with Crippen LogP contribution in [0.25, 0.3) is 0 Å². The fourth-order valence-electron chi connectivity index (χ4n) is 1.05. The van der Waals surface area contributed by atoms with Gasteiger partial charge in [0.05, 0.1) is 13.7 Å². The molecule has 5 heteroatoms. The minimum Gasteiger partial charge on any atom is -0.345 e. The van der Waals surface area contributed by atoms with Gasteiger partial charge in [0.25, 0.3) is 0 Å². The number of thioether (sulfide) groups is 1. The number of amides is 1. The maximum atomic E-state index is 11.6. The molecule has 0 aromatic heterocycles. The third kappa shape index (κ3) is 10.5. The zero-order valence-electron chi connectivity index (χ0n) is 11.1. The topological polar surface area (TPSA) is 46.2 Å². The van der Waals surface area contributed by atoms with Crippen molar-refractivity contribution < 1.29 is 9.36 Å². The Kier molecular flexibility index (Phi) is 6.97. The fourth-order valence-corrected chi connectivity index (χ4v) is 3.94. The Hall–Kier alpha value is -0.390. The number of carbonyl (C=O) groups is 1. The zero-order valence-corrected chi connectivity index (χ0v) is 12.8. The first-order chi connectivity index (χ1) is 7.66. The van der Waals surface area contributed by atoms with E-state index in [1.54, 1.807) is 25.1 Å². The molecule has 0 bridgehead atoms. The smallest absolute Gasteiger partial charge is 0.220 e. The van der Waals surface area contributed by atoms with Crippen molar-refractivity contribution in [3.8, 4) is 12.3 Å². The van der Waals surface area contributed by atoms with Crippen molar-refractivity contribution >= 4 is 24.8 Å². The molecule has 0 aromatic carbocycles. The summed E-state index contributed by atoms with van der Waals surface area (Å²) in [5.74, 6) is 2.35. The average molecular weight is 275 g/mol. The molecule has 0 aliphatic carbocycles. The van der Waals surface area contributed by atoms with Crippen LogP contribution in [0, 0.1) is 12.3 Å². The first kappa shape index (κ1) is 16.6. The van der Waals surface area contributed by atoms with Crippen LogP contribution in [0.5, 0.6) is 0 Å². The van der Waals surface area contributed by atoms with Crippen molar-refractivity contribution in [3.05, 3.63) is 0 Å². The van der Waals surface area contributed by atoms with Gasteiger partial charge in [0, 0.05) is 16.7 Å². The number of terminal acetylenes is 1. The summed E-state index contributed by atoms with van der Waals surface area (Å²) in [6.45, 7) is 8.00. The number of hydrogen-bond donors (Lipinski definition) is 1. The van der Waals surface area contributed by atoms with E-state index in [-0.39, 0.29) is 17.2 Å². The number of carbonyl (C=O) groups excluding carboxylic acids is 1. The summed E-state index contributed by atoms with van der Waals surface area (Å²) in [6, 6.07) is 0. The summed E-state index contributed by atoms with van der Waals surface area (Å²) in [5.41, 5.74) is 0.659. The molecule has 0 heterocycles. The van der Waals surface area contributed by atoms with Crippen molar-refractivity contribution in [2.24, 2.45) is 0 Å². The Balaban J connectivity index is 3.97. The van der Waals surface area contributed by atoms with E-state index in [1.165, 1.54) is 0 Å². The lowest BCUT2D eigenvalue weighted by Crippen LogP contribution is -2.26. The highest BCUT2D eigenvalue weighted by molar-refractivity contribution is 8.06. The molecule has 0 aliphatic heterocycles. The van der Waals surface area contributed by atoms with E-state index in [2.05, 4.69) is 25.1 Å². The summed E-state index contributed by atoms with van der Waals surface area (Å²) < 4.78 is 11.6. The first-order valence-corrected chi connectivity index (χ1v) is 9.32. The van der Waals surface area contributed by atoms with E-state index in [0.29, 0.717) is 11.9 Å². The second-order valence-electron chi connectivity index (χ2n) is 5.09. The van der Waals surface area contributed by atoms with Crippen molar-refractivity contribution in [1.82, 2.24) is 5.32 Å². The predicted octanol–water partition coefficient (Wildman–Crippen LogP) is 2.61. The van der Waals surface area contributed by atoms with Gasteiger partial charge in [0.2, 0.25) is 5.91 Å². The highest BCUT2D eigenvalue weighted by Gasteiger charge is 2.22. The number of rotatable bonds is 7. The van der Waals surface area contributed by atoms with Crippen LogP contribution in [-0.4, -0.2) is 36.0 Å². The standard InChI is InChI=1S/C12H22NO2PS/c1-6-9-13-11(14)7-8-12(2,3)17-10-16(4,5)15/h1H,7-10H2,2-5H3,(H,13,14). The number of hydrogen-bond acceptors (Lipinski definition) is 3. The van der Waals surface area contributed by atoms with E-state index in [0.717, 1.165) is 6.42 Å². The molecule has 1 N–H and O–H groups in total. The lowest BCUT2D eigenvalue weighted by Gasteiger charge is -2.24. The van der Waals surface area contributed by atoms with Gasteiger partial charge in [-0.1, -0.05) is 19.8 Å². The Bertz CT molecular complexity index is 341. The van der Waals surface area contributed by atoms with Gasteiger partial charge in [-0.05, 0) is 19.8 Å². The summed E-state index contributed by atoms with van der Waals surface area (Å²) in [4.78, 5) is 11.4. The van der Waals surface area contributed by atoms with E-state index < -0.39 is 7.14 Å². The van der Waals surface area contributed by atoms with Gasteiger partial charge in [-0.3, -0.25) is 4.79 Å². The predicted molar refractivity (Wildman–Crippen MR) is 77.1 cm³/mol. The van der Waals surface area contributed by atoms with Crippen LogP contribution in [0.2, 0.25) is 0 Å². The molecule has 0 spiro atoms. The Morgan fingerprint density at radius 2 is 2.06 bits per heavy atom. The largest absolute Gasteiger partial charge is 0.345 e. The molecule has 0 radical (unpaired) electrons. The molecule has 0 saturated heterocycles. The van der Waals surface area contributed by atoms with Crippen molar-refractivity contribution in [1.29, 1.82) is 0 Å². The fraction of sp³-hybridized carbons (Fsp3) is 0.750. The van der Waals surface area contributed by atoms with Gasteiger partial charge >= 0.3 is 0 Å². The summed E-state index contributed by atoms with van der Waals surface area (Å²) in [7, 11) is -1.99. The van der Waals surface area contributed by atoms with E-state index in [4.69, 9.17) is 6.42 Å². The maximum Gasteiger partial charge on any atom is 0.220 e. The molecule has 0 fully saturated rings. The van der Waals surface area contributed by atoms with E-state index in [9.17, 15) is 9.36 Å². The Labute approximate surface area is 109 Å². The number of nitrogens with one attached hydrogen (secondary N) is 1. The van der Waals surface area contributed by atoms with Gasteiger partial charge in [-0.2, -0.15) is 0 Å². The summed E-state index contributed by atoms with van der Waals surface area (Å²) >= 11 is 1.67. The molecular formula is C12H22NO2PS. The molecule has 3 nitrogen and oxygen atoms in total. The van der Waals surface area contributed by atoms with Crippen LogP contribution >= 0.6 is 18.9 Å². The highest BCUT2D eigenvalue weighted by atomic mass is 32.2. The summed E-state index contributed by atoms with van der Waals surface area (Å²) in [5, 5.41) is 2.64. The van der Waals surface area contributed by atoms with Crippen molar-refractivity contribution in [2.45, 2.75) is 31.4 Å². The Morgan fingerprint density at radius 3 is 2.53 bits per heavy atom. The molecule has 0 aromatic rings. The third-order valence-electron chi connectivity index (χ3n) is 2.11. The molecule has 0 rings (SSSR count). The van der Waals surface area contributed by atoms with Crippen LogP contribution < -0.4 is 5.32 Å². The third-order valence-corrected chi connectivity index (χ3v) is 6.10. The monoisotopic (exact) mass is 275 g/mol. The Morgan fingerprint density at radius 1 is 1.47 bits per heavy atom. The van der Waals surface area contributed by atoms with Crippen LogP contribution in [0.1, 0.15) is 26.7 Å². The van der Waals surface area contributed by atoms with Crippen LogP contribution in [0.3, 0.4) is 0 Å². The van der Waals surface area contributed by atoms with Gasteiger partial charge in [-0.15, -0.1) is 18.2 Å². The molecule has 0 atom stereocenters. The summed E-state index contributed by atoms with van der Waals surface area (Å²) in [6.07, 6.45) is 6.27. The molecule has 17 heavy (non-hydrogen) atoms. The lowest BCUT2D eigenvalue weighted by atomic mass is 10.1. The van der Waals surface area contributed by atoms with E-state index in [1.807, 2.05) is 0 Å². The van der Waals surface area contributed by atoms with Gasteiger partial charge < -0.3 is 9.88 Å². The quantitative estimate of drug-likeness (QED) is 0.574. The van der Waals surface area contributed by atoms with Crippen molar-refractivity contribution in [2.75, 3.05) is 25.4 Å². The van der Waals surface area contributed by atoms with Crippen LogP contribution in [-0.2, 0) is 9.36 Å². The second kappa shape index (κ2) is 7.13. The molecule has 98 valence electrons. The minimum atomic E-state index is -1.99. The van der Waals surface area contributed by atoms with Gasteiger partial charge in [0.15, 0.2) is 0 Å². The second-order valence-corrected chi connectivity index (χ2v) is 10.7. The molecule has 0 aliphatic rings. The molecular weight excluding hydrogens is 253 g/mol. The normalized spacial score (nSPS) is 11.9. The first-order valence-electron chi connectivity index (χ1n) is 5.54. The van der Waals surface area contributed by atoms with Crippen LogP contribution in [0.4, 0.5) is 0 Å². The SMILES string of the molecule is C#CCNC(=O)CCC(C)(C)SCP(C)(C)=O. The maximum absolute atomic E-state index is 11.6.